The van der Waals surface area contributed by atoms with E-state index in [4.69, 9.17) is 0 Å². The van der Waals surface area contributed by atoms with Gasteiger partial charge >= 0.3 is 12.1 Å². The molecule has 1 aliphatic rings. The molecule has 0 bridgehead atoms. The summed E-state index contributed by atoms with van der Waals surface area (Å²) in [7, 11) is -4.47. The first kappa shape index (κ1) is 23.2. The lowest BCUT2D eigenvalue weighted by Crippen LogP contribution is -2.47. The molecule has 1 aromatic carbocycles. The molecule has 2 heterocycles. The van der Waals surface area contributed by atoms with Crippen molar-refractivity contribution in [2.45, 2.75) is 34.7 Å². The van der Waals surface area contributed by atoms with E-state index in [2.05, 4.69) is 19.6 Å². The molecule has 3 aromatic rings. The molecule has 2 aromatic heterocycles. The van der Waals surface area contributed by atoms with Gasteiger partial charge in [-0.15, -0.1) is 16.2 Å². The molecule has 1 N–H and O–H groups in total. The van der Waals surface area contributed by atoms with Crippen LogP contribution in [0.3, 0.4) is 0 Å². The molecular weight excluding hydrogens is 490 g/mol. The third-order valence-corrected chi connectivity index (χ3v) is 8.64. The Bertz CT molecular complexity index is 1370. The van der Waals surface area contributed by atoms with Crippen LogP contribution in [0.1, 0.15) is 24.7 Å². The highest BCUT2D eigenvalue weighted by Gasteiger charge is 2.73. The van der Waals surface area contributed by atoms with Crippen LogP contribution >= 0.6 is 11.3 Å². The lowest BCUT2D eigenvalue weighted by Gasteiger charge is -2.21. The number of aromatic nitrogens is 1. The molecule has 2 unspecified atom stereocenters. The van der Waals surface area contributed by atoms with Crippen molar-refractivity contribution >= 4 is 27.3 Å². The van der Waals surface area contributed by atoms with Crippen LogP contribution < -0.4 is 4.72 Å². The van der Waals surface area contributed by atoms with E-state index in [1.165, 1.54) is 31.2 Å². The molecule has 2 atom stereocenters. The van der Waals surface area contributed by atoms with Crippen molar-refractivity contribution < 1.29 is 35.3 Å². The maximum atomic E-state index is 14.4. The molecule has 14 heteroatoms. The van der Waals surface area contributed by atoms with Crippen molar-refractivity contribution in [1.29, 1.82) is 0 Å². The van der Waals surface area contributed by atoms with E-state index < -0.39 is 44.6 Å². The number of hydrogen-bond donors (Lipinski definition) is 1. The molecule has 0 spiro atoms. The summed E-state index contributed by atoms with van der Waals surface area (Å²) in [6, 6.07) is 8.35. The fourth-order valence-corrected chi connectivity index (χ4v) is 6.42. The van der Waals surface area contributed by atoms with Crippen molar-refractivity contribution in [3.8, 4) is 10.6 Å². The monoisotopic (exact) mass is 503 g/mol. The zero-order valence-corrected chi connectivity index (χ0v) is 18.1. The number of carbonyl (C=O) groups excluding carboxylic acids is 1. The van der Waals surface area contributed by atoms with Gasteiger partial charge < -0.3 is 4.52 Å². The summed E-state index contributed by atoms with van der Waals surface area (Å²) in [6.07, 6.45) is -4.99. The summed E-state index contributed by atoms with van der Waals surface area (Å²) < 4.78 is 84.6. The SMILES string of the molecule is CC1(c2ccccc2F)CC1(NS(=O)(=O)c1ccc(-c2cc(C(F)(F)F)on2)s1)C(=O)N=O. The summed E-state index contributed by atoms with van der Waals surface area (Å²) in [5, 5.41) is 5.66. The Morgan fingerprint density at radius 1 is 1.24 bits per heavy atom. The number of nitroso groups, excluding NO2 is 1. The Morgan fingerprint density at radius 3 is 2.55 bits per heavy atom. The first-order valence-corrected chi connectivity index (χ1v) is 11.4. The van der Waals surface area contributed by atoms with Crippen LogP contribution in [0.4, 0.5) is 17.6 Å². The molecule has 174 valence electrons. The van der Waals surface area contributed by atoms with Crippen molar-refractivity contribution in [2.24, 2.45) is 5.18 Å². The Hall–Kier alpha value is -2.97. The number of nitrogens with one attached hydrogen (secondary N) is 1. The van der Waals surface area contributed by atoms with Gasteiger partial charge in [-0.1, -0.05) is 30.3 Å². The maximum absolute atomic E-state index is 14.4. The molecule has 0 saturated heterocycles. The van der Waals surface area contributed by atoms with Crippen LogP contribution in [0.25, 0.3) is 10.6 Å². The average molecular weight is 503 g/mol. The second-order valence-corrected chi connectivity index (χ2v) is 10.6. The minimum absolute atomic E-state index is 0.0267. The van der Waals surface area contributed by atoms with Gasteiger partial charge in [0.05, 0.1) is 4.88 Å². The number of hydrogen-bond acceptors (Lipinski definition) is 7. The van der Waals surface area contributed by atoms with Gasteiger partial charge in [-0.3, -0.25) is 4.79 Å². The highest BCUT2D eigenvalue weighted by molar-refractivity contribution is 7.91. The van der Waals surface area contributed by atoms with Gasteiger partial charge in [-0.2, -0.15) is 17.9 Å². The Morgan fingerprint density at radius 2 is 1.94 bits per heavy atom. The molecule has 4 rings (SSSR count). The van der Waals surface area contributed by atoms with Crippen LogP contribution in [0, 0.1) is 10.7 Å². The van der Waals surface area contributed by atoms with Crippen LogP contribution in [0.5, 0.6) is 0 Å². The number of benzene rings is 1. The van der Waals surface area contributed by atoms with Gasteiger partial charge in [0, 0.05) is 16.7 Å². The lowest BCUT2D eigenvalue weighted by molar-refractivity contribution is -0.155. The van der Waals surface area contributed by atoms with Crippen molar-refractivity contribution in [3.05, 3.63) is 64.5 Å². The minimum atomic E-state index is -4.77. The molecule has 0 radical (unpaired) electrons. The van der Waals surface area contributed by atoms with Gasteiger partial charge in [-0.25, -0.2) is 12.8 Å². The predicted molar refractivity (Wildman–Crippen MR) is 107 cm³/mol. The smallest absolute Gasteiger partial charge is 0.351 e. The molecule has 0 aliphatic heterocycles. The summed E-state index contributed by atoms with van der Waals surface area (Å²) >= 11 is 0.569. The minimum Gasteiger partial charge on any atom is -0.351 e. The average Bonchev–Trinajstić information content (AvgIpc) is 3.19. The van der Waals surface area contributed by atoms with E-state index in [1.807, 2.05) is 0 Å². The third kappa shape index (κ3) is 3.77. The van der Waals surface area contributed by atoms with Gasteiger partial charge in [0.2, 0.25) is 5.76 Å². The normalized spacial score (nSPS) is 22.8. The molecule has 8 nitrogen and oxygen atoms in total. The van der Waals surface area contributed by atoms with Crippen molar-refractivity contribution in [1.82, 2.24) is 9.88 Å². The molecular formula is C19H13F4N3O5S2. The number of thiophene rings is 1. The van der Waals surface area contributed by atoms with Crippen LogP contribution in [0.15, 0.2) is 56.4 Å². The number of halogens is 4. The van der Waals surface area contributed by atoms with Gasteiger partial charge in [-0.05, 0) is 30.2 Å². The zero-order chi connectivity index (χ0) is 24.2. The summed E-state index contributed by atoms with van der Waals surface area (Å²) in [4.78, 5) is 23.5. The van der Waals surface area contributed by atoms with E-state index >= 15 is 0 Å². The zero-order valence-electron chi connectivity index (χ0n) is 16.5. The number of alkyl halides is 3. The largest absolute Gasteiger partial charge is 0.452 e. The third-order valence-electron chi connectivity index (χ3n) is 5.55. The Kier molecular flexibility index (Phi) is 5.29. The van der Waals surface area contributed by atoms with Gasteiger partial charge in [0.25, 0.3) is 10.0 Å². The number of carbonyl (C=O) groups is 1. The predicted octanol–water partition coefficient (Wildman–Crippen LogP) is 4.23. The quantitative estimate of drug-likeness (QED) is 0.397. The number of amides is 1. The topological polar surface area (TPSA) is 119 Å². The van der Waals surface area contributed by atoms with E-state index in [0.717, 1.165) is 12.1 Å². The summed E-state index contributed by atoms with van der Waals surface area (Å²) in [5.74, 6) is -3.36. The van der Waals surface area contributed by atoms with E-state index in [-0.39, 0.29) is 26.8 Å². The molecule has 33 heavy (non-hydrogen) atoms. The number of rotatable bonds is 6. The highest BCUT2D eigenvalue weighted by atomic mass is 32.2. The van der Waals surface area contributed by atoms with Crippen molar-refractivity contribution in [2.75, 3.05) is 0 Å². The summed E-state index contributed by atoms with van der Waals surface area (Å²) in [6.45, 7) is 1.42. The first-order valence-electron chi connectivity index (χ1n) is 9.15. The van der Waals surface area contributed by atoms with Gasteiger partial charge in [0.1, 0.15) is 21.3 Å². The van der Waals surface area contributed by atoms with E-state index in [0.29, 0.717) is 17.4 Å². The van der Waals surface area contributed by atoms with E-state index in [9.17, 15) is 35.7 Å². The highest BCUT2D eigenvalue weighted by Crippen LogP contribution is 2.59. The molecule has 1 saturated carbocycles. The van der Waals surface area contributed by atoms with Crippen LogP contribution in [-0.4, -0.2) is 25.0 Å². The second-order valence-electron chi connectivity index (χ2n) is 7.59. The first-order chi connectivity index (χ1) is 15.3. The van der Waals surface area contributed by atoms with Crippen molar-refractivity contribution in [3.63, 3.8) is 0 Å². The number of sulfonamides is 1. The Labute approximate surface area is 187 Å². The molecule has 1 aliphatic carbocycles. The van der Waals surface area contributed by atoms with Gasteiger partial charge in [0.15, 0.2) is 0 Å². The molecule has 1 amide bonds. The lowest BCUT2D eigenvalue weighted by atomic mass is 9.92. The molecule has 1 fully saturated rings. The van der Waals surface area contributed by atoms with E-state index in [1.54, 1.807) is 0 Å². The maximum Gasteiger partial charge on any atom is 0.452 e. The second kappa shape index (κ2) is 7.53. The Balaban J connectivity index is 1.67. The fourth-order valence-electron chi connectivity index (χ4n) is 3.71. The standard InChI is InChI=1S/C19H13F4N3O5S2/c1-17(10-4-2-3-5-11(10)20)9-18(17,16(27)24-28)26-33(29,30)15-7-6-13(32-15)12-8-14(31-25-12)19(21,22)23/h2-8,26H,9H2,1H3. The number of nitrogens with zero attached hydrogens (tertiary/aromatic N) is 2. The van der Waals surface area contributed by atoms with Crippen LogP contribution in [-0.2, 0) is 26.4 Å². The summed E-state index contributed by atoms with van der Waals surface area (Å²) in [5.41, 5.74) is -3.61. The fraction of sp³-hybridized carbons (Fsp3) is 0.263. The van der Waals surface area contributed by atoms with Crippen LogP contribution in [0.2, 0.25) is 0 Å².